The van der Waals surface area contributed by atoms with Crippen LogP contribution in [0.25, 0.3) is 0 Å². The van der Waals surface area contributed by atoms with Gasteiger partial charge in [-0.05, 0) is 12.8 Å². The van der Waals surface area contributed by atoms with Crippen molar-refractivity contribution in [3.05, 3.63) is 0 Å². The van der Waals surface area contributed by atoms with Crippen LogP contribution in [0.5, 0.6) is 0 Å². The first kappa shape index (κ1) is 15.3. The van der Waals surface area contributed by atoms with Crippen LogP contribution >= 0.6 is 11.8 Å². The van der Waals surface area contributed by atoms with E-state index in [0.717, 1.165) is 25.1 Å². The third-order valence-electron chi connectivity index (χ3n) is 2.97. The molecule has 0 unspecified atom stereocenters. The molecular formula is C12H21NO4S. The highest BCUT2D eigenvalue weighted by atomic mass is 32.2. The SMILES string of the molecule is COCCSCC(=O)N1CCC[C@H](C(=O)OC)C1. The Morgan fingerprint density at radius 1 is 1.39 bits per heavy atom. The minimum Gasteiger partial charge on any atom is -0.469 e. The summed E-state index contributed by atoms with van der Waals surface area (Å²) in [5.74, 6) is 1.01. The van der Waals surface area contributed by atoms with E-state index in [9.17, 15) is 9.59 Å². The van der Waals surface area contributed by atoms with E-state index < -0.39 is 0 Å². The number of hydrogen-bond acceptors (Lipinski definition) is 5. The summed E-state index contributed by atoms with van der Waals surface area (Å²) in [4.78, 5) is 25.2. The van der Waals surface area contributed by atoms with Gasteiger partial charge in [-0.15, -0.1) is 11.8 Å². The summed E-state index contributed by atoms with van der Waals surface area (Å²) in [6, 6.07) is 0. The number of carbonyl (C=O) groups is 2. The number of thioether (sulfide) groups is 1. The maximum absolute atomic E-state index is 11.9. The number of rotatable bonds is 6. The Bertz CT molecular complexity index is 285. The number of nitrogens with zero attached hydrogens (tertiary/aromatic N) is 1. The van der Waals surface area contributed by atoms with Crippen LogP contribution < -0.4 is 0 Å². The molecule has 1 fully saturated rings. The van der Waals surface area contributed by atoms with Gasteiger partial charge in [-0.1, -0.05) is 0 Å². The molecule has 5 nitrogen and oxygen atoms in total. The molecule has 1 aliphatic rings. The van der Waals surface area contributed by atoms with Crippen LogP contribution in [0.4, 0.5) is 0 Å². The Morgan fingerprint density at radius 2 is 2.17 bits per heavy atom. The number of esters is 1. The largest absolute Gasteiger partial charge is 0.469 e. The van der Waals surface area contributed by atoms with Crippen molar-refractivity contribution in [1.82, 2.24) is 4.90 Å². The number of likely N-dealkylation sites (tertiary alicyclic amines) is 1. The van der Waals surface area contributed by atoms with E-state index in [1.807, 2.05) is 0 Å². The Morgan fingerprint density at radius 3 is 2.83 bits per heavy atom. The Balaban J connectivity index is 2.31. The number of amides is 1. The zero-order chi connectivity index (χ0) is 13.4. The first-order chi connectivity index (χ1) is 8.69. The highest BCUT2D eigenvalue weighted by molar-refractivity contribution is 7.99. The fourth-order valence-corrected chi connectivity index (χ4v) is 2.74. The van der Waals surface area contributed by atoms with Crippen molar-refractivity contribution in [2.45, 2.75) is 12.8 Å². The first-order valence-corrected chi connectivity index (χ1v) is 7.26. The summed E-state index contributed by atoms with van der Waals surface area (Å²) in [6.07, 6.45) is 1.68. The second kappa shape index (κ2) is 8.37. The summed E-state index contributed by atoms with van der Waals surface area (Å²) in [5, 5.41) is 0. The molecular weight excluding hydrogens is 254 g/mol. The normalized spacial score (nSPS) is 19.7. The number of methoxy groups -OCH3 is 2. The van der Waals surface area contributed by atoms with Gasteiger partial charge >= 0.3 is 5.97 Å². The molecule has 1 heterocycles. The molecule has 6 heteroatoms. The first-order valence-electron chi connectivity index (χ1n) is 6.11. The van der Waals surface area contributed by atoms with E-state index in [-0.39, 0.29) is 17.8 Å². The number of hydrogen-bond donors (Lipinski definition) is 0. The quantitative estimate of drug-likeness (QED) is 0.529. The second-order valence-corrected chi connectivity index (χ2v) is 5.35. The van der Waals surface area contributed by atoms with E-state index >= 15 is 0 Å². The Labute approximate surface area is 112 Å². The lowest BCUT2D eigenvalue weighted by atomic mass is 9.98. The molecule has 0 radical (unpaired) electrons. The van der Waals surface area contributed by atoms with Crippen LogP contribution in [0, 0.1) is 5.92 Å². The molecule has 0 N–H and O–H groups in total. The van der Waals surface area contributed by atoms with Crippen LogP contribution in [0.2, 0.25) is 0 Å². The van der Waals surface area contributed by atoms with Crippen LogP contribution in [-0.2, 0) is 19.1 Å². The minimum absolute atomic E-state index is 0.102. The van der Waals surface area contributed by atoms with Crippen molar-refractivity contribution in [2.75, 3.05) is 45.4 Å². The van der Waals surface area contributed by atoms with Crippen LogP contribution in [0.15, 0.2) is 0 Å². The molecule has 1 atom stereocenters. The summed E-state index contributed by atoms with van der Waals surface area (Å²) in [5.41, 5.74) is 0. The summed E-state index contributed by atoms with van der Waals surface area (Å²) in [7, 11) is 3.04. The van der Waals surface area contributed by atoms with Gasteiger partial charge in [0.25, 0.3) is 0 Å². The number of ether oxygens (including phenoxy) is 2. The van der Waals surface area contributed by atoms with E-state index in [1.165, 1.54) is 7.11 Å². The number of carbonyl (C=O) groups excluding carboxylic acids is 2. The molecule has 0 aliphatic carbocycles. The highest BCUT2D eigenvalue weighted by Crippen LogP contribution is 2.18. The van der Waals surface area contributed by atoms with Gasteiger partial charge in [0, 0.05) is 26.0 Å². The molecule has 0 aromatic heterocycles. The topological polar surface area (TPSA) is 55.8 Å². The fraction of sp³-hybridized carbons (Fsp3) is 0.833. The smallest absolute Gasteiger partial charge is 0.310 e. The highest BCUT2D eigenvalue weighted by Gasteiger charge is 2.28. The van der Waals surface area contributed by atoms with Gasteiger partial charge in [-0.3, -0.25) is 9.59 Å². The molecule has 0 aromatic rings. The van der Waals surface area contributed by atoms with Gasteiger partial charge in [-0.2, -0.15) is 0 Å². The third-order valence-corrected chi connectivity index (χ3v) is 3.87. The van der Waals surface area contributed by atoms with Gasteiger partial charge in [0.2, 0.25) is 5.91 Å². The van der Waals surface area contributed by atoms with Crippen molar-refractivity contribution < 1.29 is 19.1 Å². The van der Waals surface area contributed by atoms with Crippen molar-refractivity contribution in [3.63, 3.8) is 0 Å². The molecule has 1 rings (SSSR count). The summed E-state index contributed by atoms with van der Waals surface area (Å²) < 4.78 is 9.66. The molecule has 0 aromatic carbocycles. The molecule has 104 valence electrons. The van der Waals surface area contributed by atoms with Crippen LogP contribution in [-0.4, -0.2) is 62.2 Å². The van der Waals surface area contributed by atoms with Crippen LogP contribution in [0.1, 0.15) is 12.8 Å². The molecule has 1 saturated heterocycles. The molecule has 18 heavy (non-hydrogen) atoms. The monoisotopic (exact) mass is 275 g/mol. The predicted octanol–water partition coefficient (Wildman–Crippen LogP) is 0.778. The van der Waals surface area contributed by atoms with Gasteiger partial charge < -0.3 is 14.4 Å². The lowest BCUT2D eigenvalue weighted by molar-refractivity contribution is -0.148. The minimum atomic E-state index is -0.209. The van der Waals surface area contributed by atoms with E-state index in [0.29, 0.717) is 18.9 Å². The molecule has 0 bridgehead atoms. The average Bonchev–Trinajstić information content (AvgIpc) is 2.42. The van der Waals surface area contributed by atoms with Gasteiger partial charge in [0.15, 0.2) is 0 Å². The molecule has 1 amide bonds. The lowest BCUT2D eigenvalue weighted by Crippen LogP contribution is -2.43. The van der Waals surface area contributed by atoms with Gasteiger partial charge in [0.1, 0.15) is 0 Å². The lowest BCUT2D eigenvalue weighted by Gasteiger charge is -2.31. The molecule has 1 aliphatic heterocycles. The molecule has 0 saturated carbocycles. The molecule has 0 spiro atoms. The standard InChI is InChI=1S/C12H21NO4S/c1-16-6-7-18-9-11(14)13-5-3-4-10(8-13)12(15)17-2/h10H,3-9H2,1-2H3/t10-/m0/s1. The van der Waals surface area contributed by atoms with Crippen molar-refractivity contribution in [2.24, 2.45) is 5.92 Å². The summed E-state index contributed by atoms with van der Waals surface area (Å²) in [6.45, 7) is 1.90. The van der Waals surface area contributed by atoms with E-state index in [2.05, 4.69) is 0 Å². The fourth-order valence-electron chi connectivity index (χ4n) is 1.96. The van der Waals surface area contributed by atoms with Gasteiger partial charge in [0.05, 0.1) is 25.4 Å². The zero-order valence-electron chi connectivity index (χ0n) is 11.0. The maximum Gasteiger partial charge on any atom is 0.310 e. The predicted molar refractivity (Wildman–Crippen MR) is 70.5 cm³/mol. The van der Waals surface area contributed by atoms with E-state index in [1.54, 1.807) is 23.8 Å². The van der Waals surface area contributed by atoms with Crippen molar-refractivity contribution >= 4 is 23.6 Å². The zero-order valence-corrected chi connectivity index (χ0v) is 11.8. The summed E-state index contributed by atoms with van der Waals surface area (Å²) >= 11 is 1.56. The maximum atomic E-state index is 11.9. The van der Waals surface area contributed by atoms with Crippen LogP contribution in [0.3, 0.4) is 0 Å². The van der Waals surface area contributed by atoms with Gasteiger partial charge in [-0.25, -0.2) is 0 Å². The number of piperidine rings is 1. The second-order valence-electron chi connectivity index (χ2n) is 4.25. The Hall–Kier alpha value is -0.750. The van der Waals surface area contributed by atoms with Crippen molar-refractivity contribution in [1.29, 1.82) is 0 Å². The average molecular weight is 275 g/mol. The van der Waals surface area contributed by atoms with E-state index in [4.69, 9.17) is 9.47 Å². The Kier molecular flexibility index (Phi) is 7.12. The third kappa shape index (κ3) is 4.86. The van der Waals surface area contributed by atoms with Crippen molar-refractivity contribution in [3.8, 4) is 0 Å².